The summed E-state index contributed by atoms with van der Waals surface area (Å²) >= 11 is 0. The fourth-order valence-corrected chi connectivity index (χ4v) is 7.07. The van der Waals surface area contributed by atoms with Crippen LogP contribution in [-0.4, -0.2) is 58.4 Å². The lowest BCUT2D eigenvalue weighted by Crippen LogP contribution is -2.44. The van der Waals surface area contributed by atoms with Crippen LogP contribution >= 0.6 is 0 Å². The number of rotatable bonds is 7. The van der Waals surface area contributed by atoms with Gasteiger partial charge in [0.1, 0.15) is 11.7 Å². The third-order valence-electron chi connectivity index (χ3n) is 9.41. The van der Waals surface area contributed by atoms with E-state index in [1.54, 1.807) is 13.0 Å². The summed E-state index contributed by atoms with van der Waals surface area (Å²) in [7, 11) is 0. The number of benzene rings is 2. The molecule has 0 radical (unpaired) electrons. The van der Waals surface area contributed by atoms with Crippen molar-refractivity contribution < 1.29 is 19.1 Å². The van der Waals surface area contributed by atoms with E-state index in [-0.39, 0.29) is 29.5 Å². The molecule has 2 aromatic carbocycles. The first-order valence-corrected chi connectivity index (χ1v) is 15.9. The lowest BCUT2D eigenvalue weighted by Gasteiger charge is -2.38. The number of aliphatic hydroxyl groups is 1. The summed E-state index contributed by atoms with van der Waals surface area (Å²) in [5, 5.41) is 13.5. The average molecular weight is 591 g/mol. The van der Waals surface area contributed by atoms with Crippen molar-refractivity contribution in [3.05, 3.63) is 64.5 Å². The van der Waals surface area contributed by atoms with Crippen molar-refractivity contribution in [3.8, 4) is 0 Å². The van der Waals surface area contributed by atoms with Crippen LogP contribution in [-0.2, 0) is 17.8 Å². The van der Waals surface area contributed by atoms with Crippen molar-refractivity contribution in [3.63, 3.8) is 0 Å². The molecule has 2 aromatic rings. The number of carbonyl (C=O) groups is 2. The minimum Gasteiger partial charge on any atom is -0.390 e. The van der Waals surface area contributed by atoms with Gasteiger partial charge < -0.3 is 15.3 Å². The maximum Gasteiger partial charge on any atom is 0.278 e. The Morgan fingerprint density at radius 2 is 1.74 bits per heavy atom. The first kappa shape index (κ1) is 31.3. The Morgan fingerprint density at radius 3 is 2.37 bits per heavy atom. The number of aryl methyl sites for hydroxylation is 1. The van der Waals surface area contributed by atoms with Crippen molar-refractivity contribution in [2.75, 3.05) is 18.0 Å². The summed E-state index contributed by atoms with van der Waals surface area (Å²) in [5.41, 5.74) is 3.72. The van der Waals surface area contributed by atoms with Crippen LogP contribution in [0.25, 0.3) is 0 Å². The van der Waals surface area contributed by atoms with Gasteiger partial charge >= 0.3 is 0 Å². The summed E-state index contributed by atoms with van der Waals surface area (Å²) in [6.07, 6.45) is 5.73. The van der Waals surface area contributed by atoms with E-state index in [1.807, 2.05) is 27.7 Å². The number of amidine groups is 1. The molecule has 2 aliphatic heterocycles. The first-order valence-electron chi connectivity index (χ1n) is 15.9. The molecule has 2 N–H and O–H groups in total. The number of aliphatic imine (C=N–C) groups is 1. The molecule has 0 unspecified atom stereocenters. The van der Waals surface area contributed by atoms with E-state index >= 15 is 0 Å². The van der Waals surface area contributed by atoms with Crippen LogP contribution < -0.4 is 10.2 Å². The first-order chi connectivity index (χ1) is 20.4. The zero-order valence-electron chi connectivity index (χ0n) is 26.3. The molecule has 2 fully saturated rings. The Bertz CT molecular complexity index is 1350. The van der Waals surface area contributed by atoms with Crippen LogP contribution in [0.3, 0.4) is 0 Å². The average Bonchev–Trinajstić information content (AvgIpc) is 3.29. The smallest absolute Gasteiger partial charge is 0.278 e. The maximum absolute atomic E-state index is 14.1. The number of hydrogen-bond donors (Lipinski definition) is 2. The van der Waals surface area contributed by atoms with Crippen LogP contribution in [0.5, 0.6) is 0 Å². The molecule has 1 saturated carbocycles. The minimum absolute atomic E-state index is 0.00354. The molecular weight excluding hydrogens is 543 g/mol. The van der Waals surface area contributed by atoms with Gasteiger partial charge in [-0.25, -0.2) is 4.39 Å². The van der Waals surface area contributed by atoms with E-state index < -0.39 is 17.3 Å². The molecule has 0 spiro atoms. The lowest BCUT2D eigenvalue weighted by molar-refractivity contribution is -0.126. The zero-order chi connectivity index (χ0) is 30.9. The third kappa shape index (κ3) is 7.52. The molecule has 0 atom stereocenters. The largest absolute Gasteiger partial charge is 0.390 e. The molecule has 3 aliphatic rings. The van der Waals surface area contributed by atoms with Gasteiger partial charge in [0.05, 0.1) is 5.60 Å². The van der Waals surface area contributed by atoms with Gasteiger partial charge in [0.25, 0.3) is 5.91 Å². The summed E-state index contributed by atoms with van der Waals surface area (Å²) in [6.45, 7) is 12.3. The van der Waals surface area contributed by atoms with Gasteiger partial charge in [-0.15, -0.1) is 0 Å². The summed E-state index contributed by atoms with van der Waals surface area (Å²) in [4.78, 5) is 35.3. The van der Waals surface area contributed by atoms with Crippen molar-refractivity contribution in [1.29, 1.82) is 0 Å². The second-order valence-electron chi connectivity index (χ2n) is 13.7. The Hall–Kier alpha value is -3.10. The summed E-state index contributed by atoms with van der Waals surface area (Å²) < 4.78 is 14.1. The highest BCUT2D eigenvalue weighted by Crippen LogP contribution is 2.38. The Kier molecular flexibility index (Phi) is 9.37. The number of likely N-dealkylation sites (tertiary alicyclic amines) is 1. The number of nitrogens with zero attached hydrogens (tertiary/aromatic N) is 3. The van der Waals surface area contributed by atoms with Gasteiger partial charge in [-0.2, -0.15) is 4.99 Å². The zero-order valence-corrected chi connectivity index (χ0v) is 26.3. The predicted octanol–water partition coefficient (Wildman–Crippen LogP) is 5.80. The molecule has 8 heteroatoms. The standard InChI is InChI=1S/C35H47FN4O3/c1-22(2)37-33(41)25-8-10-30(11-9-25)40-31-18-24(21-39-14-12-28(13-15-39)35(4,5)43)6-7-26(31)20-32(40)38-34(42)27-16-23(3)17-29(36)19-27/h6-7,16-19,22,25,28,30,43H,8-15,20-21H2,1-5H3,(H,37,41). The molecule has 2 heterocycles. The predicted molar refractivity (Wildman–Crippen MR) is 169 cm³/mol. The number of fused-ring (bicyclic) bond motifs is 1. The van der Waals surface area contributed by atoms with Crippen LogP contribution in [0.2, 0.25) is 0 Å². The Morgan fingerprint density at radius 1 is 1.05 bits per heavy atom. The number of piperidine rings is 1. The van der Waals surface area contributed by atoms with E-state index in [0.29, 0.717) is 23.7 Å². The van der Waals surface area contributed by atoms with E-state index in [1.165, 1.54) is 17.7 Å². The van der Waals surface area contributed by atoms with E-state index in [2.05, 4.69) is 38.3 Å². The van der Waals surface area contributed by atoms with E-state index in [9.17, 15) is 19.1 Å². The third-order valence-corrected chi connectivity index (χ3v) is 9.41. The van der Waals surface area contributed by atoms with Gasteiger partial charge in [-0.3, -0.25) is 14.5 Å². The van der Waals surface area contributed by atoms with Crippen LogP contribution in [0, 0.1) is 24.6 Å². The molecular formula is C35H47FN4O3. The van der Waals surface area contributed by atoms with Gasteiger partial charge in [0.2, 0.25) is 5.91 Å². The van der Waals surface area contributed by atoms with Crippen LogP contribution in [0.15, 0.2) is 41.4 Å². The van der Waals surface area contributed by atoms with Crippen molar-refractivity contribution in [2.24, 2.45) is 16.8 Å². The van der Waals surface area contributed by atoms with Crippen molar-refractivity contribution in [2.45, 2.75) is 104 Å². The summed E-state index contributed by atoms with van der Waals surface area (Å²) in [5.74, 6) is 0.252. The number of hydrogen-bond acceptors (Lipinski definition) is 4. The maximum atomic E-state index is 14.1. The highest BCUT2D eigenvalue weighted by molar-refractivity contribution is 6.12. The molecule has 2 amide bonds. The molecule has 1 saturated heterocycles. The Balaban J connectivity index is 1.38. The number of anilines is 1. The number of nitrogens with one attached hydrogen (secondary N) is 1. The van der Waals surface area contributed by atoms with Gasteiger partial charge in [-0.1, -0.05) is 12.1 Å². The second kappa shape index (κ2) is 12.9. The molecule has 5 rings (SSSR count). The van der Waals surface area contributed by atoms with E-state index in [0.717, 1.165) is 69.4 Å². The quantitative estimate of drug-likeness (QED) is 0.426. The lowest BCUT2D eigenvalue weighted by atomic mass is 9.83. The second-order valence-corrected chi connectivity index (χ2v) is 13.7. The van der Waals surface area contributed by atoms with Crippen molar-refractivity contribution >= 4 is 23.3 Å². The summed E-state index contributed by atoms with van der Waals surface area (Å²) in [6, 6.07) is 11.2. The number of carbonyl (C=O) groups excluding carboxylic acids is 2. The number of halogens is 1. The topological polar surface area (TPSA) is 85.2 Å². The van der Waals surface area contributed by atoms with Crippen molar-refractivity contribution in [1.82, 2.24) is 10.2 Å². The fraction of sp³-hybridized carbons (Fsp3) is 0.571. The van der Waals surface area contributed by atoms with Gasteiger partial charge in [-0.05, 0) is 133 Å². The molecule has 0 bridgehead atoms. The monoisotopic (exact) mass is 590 g/mol. The highest BCUT2D eigenvalue weighted by atomic mass is 19.1. The molecule has 43 heavy (non-hydrogen) atoms. The van der Waals surface area contributed by atoms with Gasteiger partial charge in [0, 0.05) is 42.2 Å². The fourth-order valence-electron chi connectivity index (χ4n) is 7.07. The molecule has 0 aromatic heterocycles. The SMILES string of the molecule is Cc1cc(F)cc(C(=O)N=C2Cc3ccc(CN4CCC(C(C)(C)O)CC4)cc3N2C2CCC(C(=O)NC(C)C)CC2)c1. The molecule has 232 valence electrons. The minimum atomic E-state index is -0.647. The molecule has 7 nitrogen and oxygen atoms in total. The van der Waals surface area contributed by atoms with Crippen LogP contribution in [0.4, 0.5) is 10.1 Å². The number of amides is 2. The van der Waals surface area contributed by atoms with Crippen LogP contribution in [0.1, 0.15) is 93.3 Å². The Labute approximate surface area is 255 Å². The highest BCUT2D eigenvalue weighted by Gasteiger charge is 2.37. The van der Waals surface area contributed by atoms with Gasteiger partial charge in [0.15, 0.2) is 0 Å². The van der Waals surface area contributed by atoms with E-state index in [4.69, 9.17) is 0 Å². The normalized spacial score (nSPS) is 22.7. The molecule has 1 aliphatic carbocycles.